The molecule has 272 valence electrons. The molecule has 9 nitrogen and oxygen atoms in total. The van der Waals surface area contributed by atoms with Gasteiger partial charge in [0.1, 0.15) is 11.8 Å². The summed E-state index contributed by atoms with van der Waals surface area (Å²) in [7, 11) is 0. The molecule has 7 fully saturated rings. The van der Waals surface area contributed by atoms with Crippen molar-refractivity contribution in [2.24, 2.45) is 50.7 Å². The number of hydrogen-bond donors (Lipinski definition) is 3. The first-order chi connectivity index (χ1) is 23.0. The van der Waals surface area contributed by atoms with Gasteiger partial charge in [-0.15, -0.1) is 0 Å². The van der Waals surface area contributed by atoms with Crippen molar-refractivity contribution in [2.75, 3.05) is 19.7 Å². The van der Waals surface area contributed by atoms with Gasteiger partial charge >= 0.3 is 0 Å². The van der Waals surface area contributed by atoms with Crippen LogP contribution in [0.1, 0.15) is 110 Å². The van der Waals surface area contributed by atoms with E-state index in [1.807, 2.05) is 17.0 Å². The maximum absolute atomic E-state index is 13.2. The number of aliphatic hydroxyl groups excluding tert-OH is 2. The number of carbonyl (C=O) groups excluding carboxylic acids is 1. The molecule has 8 rings (SSSR count). The lowest BCUT2D eigenvalue weighted by atomic mass is 9.41. The number of ether oxygens (including phenoxy) is 3. The van der Waals surface area contributed by atoms with Crippen LogP contribution in [0.15, 0.2) is 24.4 Å². The van der Waals surface area contributed by atoms with Gasteiger partial charge in [-0.05, 0) is 123 Å². The lowest BCUT2D eigenvalue weighted by molar-refractivity contribution is -0.245. The van der Waals surface area contributed by atoms with E-state index in [1.54, 1.807) is 26.1 Å². The fourth-order valence-corrected chi connectivity index (χ4v) is 13.9. The van der Waals surface area contributed by atoms with Crippen LogP contribution in [-0.2, 0) is 14.2 Å². The zero-order valence-corrected chi connectivity index (χ0v) is 30.7. The van der Waals surface area contributed by atoms with Gasteiger partial charge in [0.25, 0.3) is 5.91 Å². The second-order valence-corrected chi connectivity index (χ2v) is 19.0. The Bertz CT molecular complexity index is 1450. The highest BCUT2D eigenvalue weighted by molar-refractivity contribution is 5.92. The molecule has 1 aromatic rings. The summed E-state index contributed by atoms with van der Waals surface area (Å²) in [5.41, 5.74) is -0.712. The van der Waals surface area contributed by atoms with Crippen LogP contribution in [0.25, 0.3) is 0 Å². The average Bonchev–Trinajstić information content (AvgIpc) is 3.70. The van der Waals surface area contributed by atoms with E-state index in [0.29, 0.717) is 43.6 Å². The summed E-state index contributed by atoms with van der Waals surface area (Å²) >= 11 is 0. The molecule has 7 aliphatic rings. The van der Waals surface area contributed by atoms with Gasteiger partial charge in [0, 0.05) is 18.2 Å². The number of pyridine rings is 1. The van der Waals surface area contributed by atoms with Crippen LogP contribution in [0, 0.1) is 50.7 Å². The Morgan fingerprint density at radius 3 is 2.53 bits per heavy atom. The van der Waals surface area contributed by atoms with Crippen LogP contribution < -0.4 is 0 Å². The highest BCUT2D eigenvalue weighted by Crippen LogP contribution is 2.89. The molecule has 0 bridgehead atoms. The predicted octanol–water partition coefficient (Wildman–Crippen LogP) is 5.21. The minimum absolute atomic E-state index is 0.0463. The summed E-state index contributed by atoms with van der Waals surface area (Å²) in [6.45, 7) is 16.6. The lowest BCUT2D eigenvalue weighted by Gasteiger charge is -2.64. The van der Waals surface area contributed by atoms with Gasteiger partial charge in [0.2, 0.25) is 0 Å². The first-order valence-electron chi connectivity index (χ1n) is 19.2. The largest absolute Gasteiger partial charge is 0.390 e. The van der Waals surface area contributed by atoms with Gasteiger partial charge in [-0.3, -0.25) is 9.78 Å². The molecule has 2 spiro atoms. The minimum atomic E-state index is -1.26. The van der Waals surface area contributed by atoms with Crippen molar-refractivity contribution in [1.82, 2.24) is 9.88 Å². The van der Waals surface area contributed by atoms with E-state index < -0.39 is 30.2 Å². The van der Waals surface area contributed by atoms with Crippen LogP contribution >= 0.6 is 0 Å². The number of hydrogen-bond acceptors (Lipinski definition) is 8. The van der Waals surface area contributed by atoms with Gasteiger partial charge < -0.3 is 34.4 Å². The maximum Gasteiger partial charge on any atom is 0.272 e. The highest BCUT2D eigenvalue weighted by atomic mass is 16.7. The van der Waals surface area contributed by atoms with E-state index in [0.717, 1.165) is 32.1 Å². The molecule has 5 aliphatic carbocycles. The number of rotatable bonds is 5. The molecule has 9 heteroatoms. The van der Waals surface area contributed by atoms with Gasteiger partial charge in [-0.1, -0.05) is 40.7 Å². The minimum Gasteiger partial charge on any atom is -0.390 e. The van der Waals surface area contributed by atoms with E-state index >= 15 is 0 Å². The van der Waals surface area contributed by atoms with Crippen LogP contribution in [-0.4, -0.2) is 93.2 Å². The van der Waals surface area contributed by atoms with E-state index in [2.05, 4.69) is 39.6 Å². The number of nitrogens with zero attached hydrogens (tertiary/aromatic N) is 2. The van der Waals surface area contributed by atoms with Crippen molar-refractivity contribution in [3.8, 4) is 0 Å². The SMILES string of the molecule is C[C@@H]1C[C@H]([C@H](O)C(C)(C)O)O[C@H]2C1[C@@]1(C)CC[C@@]34CC35CCC(OC3CN(C(=O)c6ccccn6)CCO3)C(C)(C)[C@@H]5CC[C@H]4[C@]1(C)[C@H]2O. The third-order valence-electron chi connectivity index (χ3n) is 16.4. The molecule has 14 atom stereocenters. The first-order valence-corrected chi connectivity index (χ1v) is 19.2. The molecule has 0 aromatic carbocycles. The van der Waals surface area contributed by atoms with E-state index in [4.69, 9.17) is 14.2 Å². The molecule has 0 radical (unpaired) electrons. The number of carbonyl (C=O) groups is 1. The Kier molecular flexibility index (Phi) is 7.87. The molecule has 49 heavy (non-hydrogen) atoms. The summed E-state index contributed by atoms with van der Waals surface area (Å²) in [4.78, 5) is 19.3. The van der Waals surface area contributed by atoms with Crippen molar-refractivity contribution in [3.63, 3.8) is 0 Å². The number of aliphatic hydroxyl groups is 3. The number of amides is 1. The number of morpholine rings is 1. The molecule has 3 heterocycles. The zero-order chi connectivity index (χ0) is 34.9. The summed E-state index contributed by atoms with van der Waals surface area (Å²) < 4.78 is 19.6. The number of fused-ring (bicyclic) bond motifs is 4. The van der Waals surface area contributed by atoms with Crippen LogP contribution in [0.4, 0.5) is 0 Å². The van der Waals surface area contributed by atoms with E-state index in [-0.39, 0.29) is 57.0 Å². The summed E-state index contributed by atoms with van der Waals surface area (Å²) in [5.74, 6) is 1.38. The smallest absolute Gasteiger partial charge is 0.272 e. The Labute approximate surface area is 292 Å². The van der Waals surface area contributed by atoms with Crippen molar-refractivity contribution < 1.29 is 34.3 Å². The Morgan fingerprint density at radius 1 is 1.08 bits per heavy atom. The van der Waals surface area contributed by atoms with Gasteiger partial charge in [0.05, 0.1) is 43.2 Å². The molecule has 1 aromatic heterocycles. The van der Waals surface area contributed by atoms with Crippen molar-refractivity contribution in [1.29, 1.82) is 0 Å². The third-order valence-corrected chi connectivity index (χ3v) is 16.4. The summed E-state index contributed by atoms with van der Waals surface area (Å²) in [6.07, 6.45) is 7.40. The third kappa shape index (κ3) is 4.64. The van der Waals surface area contributed by atoms with Gasteiger partial charge in [-0.2, -0.15) is 0 Å². The van der Waals surface area contributed by atoms with Crippen molar-refractivity contribution in [2.45, 2.75) is 142 Å². The summed E-state index contributed by atoms with van der Waals surface area (Å²) in [6, 6.07) is 5.43. The van der Waals surface area contributed by atoms with Gasteiger partial charge in [0.15, 0.2) is 6.29 Å². The van der Waals surface area contributed by atoms with Crippen molar-refractivity contribution in [3.05, 3.63) is 30.1 Å². The van der Waals surface area contributed by atoms with Gasteiger partial charge in [-0.25, -0.2) is 0 Å². The highest BCUT2D eigenvalue weighted by Gasteiger charge is 2.84. The van der Waals surface area contributed by atoms with E-state index in [1.165, 1.54) is 12.8 Å². The standard InChI is InChI=1S/C40H60N2O7/c1-23-20-25(32(43)36(4,5)46)48-31-30(23)37(6)15-16-40-22-39(40)14-13-28(35(2,3)26(39)11-12-27(40)38(37,7)33(31)44)49-29-21-42(18-19-47-29)34(45)24-10-8-9-17-41-24/h8-10,17,23,25-33,43-44,46H,11-16,18-22H2,1-7H3/t23-,25-,26+,27+,28?,29?,30?,31+,32+,33+,37-,38-,39?,40+/m1/s1. The summed E-state index contributed by atoms with van der Waals surface area (Å²) in [5, 5.41) is 34.1. The normalized spacial score (nSPS) is 49.1. The molecule has 3 N–H and O–H groups in total. The zero-order valence-electron chi connectivity index (χ0n) is 30.7. The van der Waals surface area contributed by atoms with Crippen LogP contribution in [0.5, 0.6) is 0 Å². The molecule has 2 saturated heterocycles. The molecular weight excluding hydrogens is 620 g/mol. The molecular formula is C40H60N2O7. The fraction of sp³-hybridized carbons (Fsp3) is 0.850. The topological polar surface area (TPSA) is 122 Å². The molecule has 2 aliphatic heterocycles. The fourth-order valence-electron chi connectivity index (χ4n) is 13.9. The van der Waals surface area contributed by atoms with Crippen LogP contribution in [0.3, 0.4) is 0 Å². The number of aromatic nitrogens is 1. The second kappa shape index (κ2) is 11.2. The Balaban J connectivity index is 1.00. The van der Waals surface area contributed by atoms with Crippen LogP contribution in [0.2, 0.25) is 0 Å². The predicted molar refractivity (Wildman–Crippen MR) is 183 cm³/mol. The molecule has 4 unspecified atom stereocenters. The molecule has 5 saturated carbocycles. The van der Waals surface area contributed by atoms with Crippen molar-refractivity contribution >= 4 is 5.91 Å². The first kappa shape index (κ1) is 34.5. The maximum atomic E-state index is 13.2. The molecule has 1 amide bonds. The van der Waals surface area contributed by atoms with E-state index in [9.17, 15) is 20.1 Å². The quantitative estimate of drug-likeness (QED) is 0.388. The lowest BCUT2D eigenvalue weighted by Crippen LogP contribution is -2.60. The monoisotopic (exact) mass is 680 g/mol. The Hall–Kier alpha value is -1.62. The second-order valence-electron chi connectivity index (χ2n) is 19.0. The average molecular weight is 681 g/mol. The Morgan fingerprint density at radius 2 is 1.82 bits per heavy atom.